The lowest BCUT2D eigenvalue weighted by molar-refractivity contribution is 0.312. The van der Waals surface area contributed by atoms with Crippen LogP contribution in [-0.4, -0.2) is 47.7 Å². The van der Waals surface area contributed by atoms with E-state index in [1.165, 1.54) is 0 Å². The van der Waals surface area contributed by atoms with Gasteiger partial charge in [0.25, 0.3) is 0 Å². The van der Waals surface area contributed by atoms with Gasteiger partial charge in [-0.1, -0.05) is 17.7 Å². The van der Waals surface area contributed by atoms with Crippen molar-refractivity contribution in [3.05, 3.63) is 47.4 Å². The predicted molar refractivity (Wildman–Crippen MR) is 114 cm³/mol. The topological polar surface area (TPSA) is 24.3 Å². The molecular weight excluding hydrogens is 375 g/mol. The summed E-state index contributed by atoms with van der Waals surface area (Å²) in [6.07, 6.45) is 2.13. The van der Waals surface area contributed by atoms with E-state index in [9.17, 15) is 0 Å². The van der Waals surface area contributed by atoms with Crippen LogP contribution in [0.25, 0.3) is 33.1 Å². The minimum Gasteiger partial charge on any atom is -0.367 e. The van der Waals surface area contributed by atoms with Gasteiger partial charge in [-0.15, -0.1) is 0 Å². The first-order valence-electron chi connectivity index (χ1n) is 9.70. The van der Waals surface area contributed by atoms with E-state index >= 15 is 4.39 Å². The number of nitrogens with zero attached hydrogens (tertiary/aromatic N) is 4. The first kappa shape index (κ1) is 17.7. The smallest absolute Gasteiger partial charge is 0.147 e. The first-order chi connectivity index (χ1) is 13.5. The number of anilines is 1. The van der Waals surface area contributed by atoms with Crippen LogP contribution in [0.2, 0.25) is 5.02 Å². The standard InChI is InChI=1S/C22H22ClFN4/c1-3-27-13-17-15-5-4-14(23)10-19(15)25-22(17)16-11-18(24)21(12-20(16)27)28-8-6-26(2)7-9-28/h4-5,10-13H,3,6-9H2,1-2H3. The normalized spacial score (nSPS) is 15.9. The maximum atomic E-state index is 15.2. The van der Waals surface area contributed by atoms with Crippen LogP contribution in [0.1, 0.15) is 6.92 Å². The number of fused-ring (bicyclic) bond motifs is 5. The van der Waals surface area contributed by atoms with Crippen LogP contribution in [0.4, 0.5) is 10.1 Å². The Bertz CT molecular complexity index is 1160. The van der Waals surface area contributed by atoms with Crippen LogP contribution >= 0.6 is 11.6 Å². The predicted octanol–water partition coefficient (Wildman–Crippen LogP) is 4.86. The SMILES string of the molecule is CCn1cc2c3ccc(Cl)cc3nc-2c2cc(F)c(N3CCN(C)CC3)cc21. The monoisotopic (exact) mass is 396 g/mol. The Hall–Kier alpha value is -2.37. The fourth-order valence-corrected chi connectivity index (χ4v) is 4.39. The number of benzene rings is 2. The van der Waals surface area contributed by atoms with Gasteiger partial charge in [0.05, 0.1) is 22.4 Å². The van der Waals surface area contributed by atoms with Crippen molar-refractivity contribution < 1.29 is 4.39 Å². The van der Waals surface area contributed by atoms with Gasteiger partial charge in [-0.3, -0.25) is 0 Å². The average Bonchev–Trinajstić information content (AvgIpc) is 3.05. The summed E-state index contributed by atoms with van der Waals surface area (Å²) >= 11 is 6.15. The van der Waals surface area contributed by atoms with E-state index in [0.29, 0.717) is 10.7 Å². The molecule has 144 valence electrons. The van der Waals surface area contributed by atoms with Gasteiger partial charge in [-0.2, -0.15) is 0 Å². The Balaban J connectivity index is 1.75. The molecule has 3 heterocycles. The fourth-order valence-electron chi connectivity index (χ4n) is 4.22. The Morgan fingerprint density at radius 1 is 1.07 bits per heavy atom. The number of hydrogen-bond donors (Lipinski definition) is 0. The Kier molecular flexibility index (Phi) is 4.18. The van der Waals surface area contributed by atoms with E-state index in [-0.39, 0.29) is 5.82 Å². The molecule has 0 radical (unpaired) electrons. The highest BCUT2D eigenvalue weighted by atomic mass is 35.5. The molecule has 0 bridgehead atoms. The molecule has 0 aromatic heterocycles. The lowest BCUT2D eigenvalue weighted by Crippen LogP contribution is -2.44. The highest BCUT2D eigenvalue weighted by Gasteiger charge is 2.22. The van der Waals surface area contributed by atoms with Gasteiger partial charge in [-0.05, 0) is 38.2 Å². The molecule has 0 atom stereocenters. The van der Waals surface area contributed by atoms with Crippen molar-refractivity contribution in [3.8, 4) is 11.3 Å². The quantitative estimate of drug-likeness (QED) is 0.483. The minimum atomic E-state index is -0.183. The molecule has 0 saturated carbocycles. The first-order valence-corrected chi connectivity index (χ1v) is 10.1. The number of aromatic nitrogens is 2. The summed E-state index contributed by atoms with van der Waals surface area (Å²) in [5, 5.41) is 2.56. The average molecular weight is 397 g/mol. The Labute approximate surface area is 168 Å². The molecule has 3 aliphatic heterocycles. The van der Waals surface area contributed by atoms with E-state index in [1.807, 2.05) is 24.3 Å². The van der Waals surface area contributed by atoms with Gasteiger partial charge in [0, 0.05) is 60.3 Å². The van der Waals surface area contributed by atoms with Crippen LogP contribution in [0.15, 0.2) is 36.5 Å². The zero-order chi connectivity index (χ0) is 19.4. The number of halogens is 2. The molecule has 1 saturated heterocycles. The van der Waals surface area contributed by atoms with E-state index in [1.54, 1.807) is 6.07 Å². The molecule has 0 spiro atoms. The summed E-state index contributed by atoms with van der Waals surface area (Å²) in [6.45, 7) is 6.48. The lowest BCUT2D eigenvalue weighted by Gasteiger charge is -2.34. The molecule has 4 nitrogen and oxygen atoms in total. The van der Waals surface area contributed by atoms with Crippen molar-refractivity contribution in [3.63, 3.8) is 0 Å². The van der Waals surface area contributed by atoms with Gasteiger partial charge < -0.3 is 14.4 Å². The number of piperazine rings is 1. The number of likely N-dealkylation sites (N-methyl/N-ethyl adjacent to an activating group) is 1. The molecule has 6 heteroatoms. The highest BCUT2D eigenvalue weighted by Crippen LogP contribution is 2.39. The van der Waals surface area contributed by atoms with E-state index in [0.717, 1.165) is 65.8 Å². The zero-order valence-corrected chi connectivity index (χ0v) is 16.8. The zero-order valence-electron chi connectivity index (χ0n) is 16.0. The largest absolute Gasteiger partial charge is 0.367 e. The van der Waals surface area contributed by atoms with E-state index in [4.69, 9.17) is 16.6 Å². The van der Waals surface area contributed by atoms with Crippen molar-refractivity contribution >= 4 is 39.1 Å². The maximum Gasteiger partial charge on any atom is 0.147 e. The van der Waals surface area contributed by atoms with Gasteiger partial charge in [0.1, 0.15) is 5.82 Å². The molecule has 5 rings (SSSR count). The molecule has 1 fully saturated rings. The second-order valence-electron chi connectivity index (χ2n) is 7.56. The molecule has 28 heavy (non-hydrogen) atoms. The third-order valence-corrected chi connectivity index (χ3v) is 6.07. The van der Waals surface area contributed by atoms with Crippen LogP contribution < -0.4 is 4.90 Å². The third-order valence-electron chi connectivity index (χ3n) is 5.84. The van der Waals surface area contributed by atoms with Crippen molar-refractivity contribution in [2.24, 2.45) is 0 Å². The Morgan fingerprint density at radius 3 is 2.61 bits per heavy atom. The number of rotatable bonds is 2. The summed E-state index contributed by atoms with van der Waals surface area (Å²) in [4.78, 5) is 9.21. The van der Waals surface area contributed by atoms with E-state index in [2.05, 4.69) is 34.5 Å². The van der Waals surface area contributed by atoms with Crippen molar-refractivity contribution in [2.75, 3.05) is 38.1 Å². The molecule has 0 N–H and O–H groups in total. The van der Waals surface area contributed by atoms with Gasteiger partial charge in [0.15, 0.2) is 0 Å². The molecular formula is C22H22ClFN4. The van der Waals surface area contributed by atoms with Crippen LogP contribution in [0, 0.1) is 5.82 Å². The molecule has 0 amide bonds. The minimum absolute atomic E-state index is 0.183. The van der Waals surface area contributed by atoms with Crippen LogP contribution in [0.3, 0.4) is 0 Å². The van der Waals surface area contributed by atoms with E-state index < -0.39 is 0 Å². The van der Waals surface area contributed by atoms with Crippen molar-refractivity contribution in [1.82, 2.24) is 14.5 Å². The van der Waals surface area contributed by atoms with Gasteiger partial charge in [-0.25, -0.2) is 9.37 Å². The summed E-state index contributed by atoms with van der Waals surface area (Å²) < 4.78 is 17.4. The summed E-state index contributed by atoms with van der Waals surface area (Å²) in [5.41, 5.74) is 4.41. The van der Waals surface area contributed by atoms with Gasteiger partial charge >= 0.3 is 0 Å². The lowest BCUT2D eigenvalue weighted by atomic mass is 10.0. The van der Waals surface area contributed by atoms with Crippen molar-refractivity contribution in [2.45, 2.75) is 13.5 Å². The number of pyridine rings is 1. The number of hydrogen-bond acceptors (Lipinski definition) is 3. The Morgan fingerprint density at radius 2 is 1.86 bits per heavy atom. The second-order valence-corrected chi connectivity index (χ2v) is 8.00. The van der Waals surface area contributed by atoms with Crippen LogP contribution in [0.5, 0.6) is 0 Å². The summed E-state index contributed by atoms with van der Waals surface area (Å²) in [7, 11) is 2.11. The molecule has 2 aromatic carbocycles. The van der Waals surface area contributed by atoms with Crippen LogP contribution in [-0.2, 0) is 6.54 Å². The maximum absolute atomic E-state index is 15.2. The second kappa shape index (κ2) is 6.61. The van der Waals surface area contributed by atoms with Crippen molar-refractivity contribution in [1.29, 1.82) is 0 Å². The highest BCUT2D eigenvalue weighted by molar-refractivity contribution is 6.31. The molecule has 0 unspecified atom stereocenters. The fraction of sp³-hybridized carbons (Fsp3) is 0.318. The molecule has 2 aromatic rings. The molecule has 3 aliphatic rings. The third kappa shape index (κ3) is 2.73. The molecule has 0 aliphatic carbocycles. The number of aryl methyl sites for hydroxylation is 1. The van der Waals surface area contributed by atoms with Gasteiger partial charge in [0.2, 0.25) is 0 Å². The summed E-state index contributed by atoms with van der Waals surface area (Å²) in [5.74, 6) is -0.183. The summed E-state index contributed by atoms with van der Waals surface area (Å²) in [6, 6.07) is 9.39.